The molecule has 0 amide bonds. The number of rotatable bonds is 22. The lowest BCUT2D eigenvalue weighted by molar-refractivity contribution is 0.265. The number of hydrogen-bond acceptors (Lipinski definition) is 7. The molecule has 0 aliphatic carbocycles. The minimum Gasteiger partial charge on any atom is -0.437 e. The zero-order valence-corrected chi connectivity index (χ0v) is 38.5. The van der Waals surface area contributed by atoms with Crippen molar-refractivity contribution in [3.8, 4) is 0 Å². The van der Waals surface area contributed by atoms with Gasteiger partial charge in [-0.05, 0) is 123 Å². The molecular formula is C26H70O7Si8. The molecule has 7 nitrogen and oxygen atoms in total. The van der Waals surface area contributed by atoms with Crippen LogP contribution in [0.15, 0.2) is 0 Å². The second kappa shape index (κ2) is 16.3. The largest absolute Gasteiger partial charge is 0.437 e. The molecule has 41 heavy (non-hydrogen) atoms. The Balaban J connectivity index is 4.43. The van der Waals surface area contributed by atoms with Crippen LogP contribution in [0.2, 0.25) is 123 Å². The van der Waals surface area contributed by atoms with Crippen molar-refractivity contribution in [3.63, 3.8) is 0 Å². The summed E-state index contributed by atoms with van der Waals surface area (Å²) in [6.07, 6.45) is 7.65. The molecule has 0 aliphatic heterocycles. The lowest BCUT2D eigenvalue weighted by Crippen LogP contribution is -2.56. The van der Waals surface area contributed by atoms with E-state index < -0.39 is 67.8 Å². The maximum Gasteiger partial charge on any atom is 0.322 e. The molecule has 15 heteroatoms. The van der Waals surface area contributed by atoms with Crippen LogP contribution in [0, 0.1) is 0 Å². The van der Waals surface area contributed by atoms with E-state index in [4.69, 9.17) is 29.1 Å². The number of hydrogen-bond donors (Lipinski definition) is 0. The summed E-state index contributed by atoms with van der Waals surface area (Å²) in [6.45, 7) is 37.6. The van der Waals surface area contributed by atoms with Crippen LogP contribution in [0.1, 0.15) is 38.5 Å². The molecule has 0 rings (SSSR count). The second-order valence-corrected chi connectivity index (χ2v) is 47.6. The van der Waals surface area contributed by atoms with Crippen molar-refractivity contribution in [2.45, 2.75) is 162 Å². The van der Waals surface area contributed by atoms with Gasteiger partial charge in [0.1, 0.15) is 0 Å². The summed E-state index contributed by atoms with van der Waals surface area (Å²) in [7, 11) is -14.6. The molecule has 0 atom stereocenters. The molecule has 0 fully saturated rings. The minimum absolute atomic E-state index is 1.18. The molecule has 0 aromatic rings. The highest BCUT2D eigenvalue weighted by Crippen LogP contribution is 2.28. The van der Waals surface area contributed by atoms with Gasteiger partial charge in [-0.25, -0.2) is 0 Å². The van der Waals surface area contributed by atoms with Gasteiger partial charge in [-0.1, -0.05) is 38.5 Å². The van der Waals surface area contributed by atoms with Gasteiger partial charge in [0, 0.05) is 7.11 Å². The summed E-state index contributed by atoms with van der Waals surface area (Å²) in [4.78, 5) is 0. The van der Waals surface area contributed by atoms with Crippen LogP contribution >= 0.6 is 0 Å². The van der Waals surface area contributed by atoms with Gasteiger partial charge in [0.05, 0.1) is 0 Å². The van der Waals surface area contributed by atoms with E-state index in [2.05, 4.69) is 111 Å². The first-order chi connectivity index (χ1) is 18.0. The van der Waals surface area contributed by atoms with E-state index in [1.165, 1.54) is 50.6 Å². The van der Waals surface area contributed by atoms with Gasteiger partial charge in [0.25, 0.3) is 0 Å². The first kappa shape index (κ1) is 42.5. The molecule has 0 aromatic carbocycles. The molecule has 0 N–H and O–H groups in total. The fraction of sp³-hybridized carbons (Fsp3) is 1.00. The Morgan fingerprint density at radius 1 is 0.317 bits per heavy atom. The van der Waals surface area contributed by atoms with Gasteiger partial charge < -0.3 is 29.1 Å². The zero-order chi connectivity index (χ0) is 32.6. The van der Waals surface area contributed by atoms with Crippen LogP contribution in [0.3, 0.4) is 0 Å². The molecule has 0 saturated carbocycles. The maximum absolute atomic E-state index is 6.76. The van der Waals surface area contributed by atoms with E-state index >= 15 is 0 Å². The van der Waals surface area contributed by atoms with Crippen molar-refractivity contribution >= 4 is 67.8 Å². The van der Waals surface area contributed by atoms with E-state index in [-0.39, 0.29) is 0 Å². The van der Waals surface area contributed by atoms with Gasteiger partial charge in [-0.15, -0.1) is 0 Å². The zero-order valence-electron chi connectivity index (χ0n) is 30.5. The Bertz CT molecular complexity index is 769. The molecule has 0 unspecified atom stereocenters. The molecule has 0 saturated heterocycles. The molecule has 248 valence electrons. The lowest BCUT2D eigenvalue weighted by Gasteiger charge is -2.40. The van der Waals surface area contributed by atoms with Gasteiger partial charge in [-0.2, -0.15) is 0 Å². The van der Waals surface area contributed by atoms with Gasteiger partial charge >= 0.3 is 42.8 Å². The molecule has 0 heterocycles. The quantitative estimate of drug-likeness (QED) is 0.0816. The molecule has 0 aromatic heterocycles. The smallest absolute Gasteiger partial charge is 0.322 e. The van der Waals surface area contributed by atoms with Crippen molar-refractivity contribution in [1.29, 1.82) is 0 Å². The summed E-state index contributed by atoms with van der Waals surface area (Å²) < 4.78 is 45.0. The fourth-order valence-corrected chi connectivity index (χ4v) is 42.2. The van der Waals surface area contributed by atoms with Crippen molar-refractivity contribution in [3.05, 3.63) is 0 Å². The Morgan fingerprint density at radius 3 is 0.902 bits per heavy atom. The molecule has 0 radical (unpaired) electrons. The van der Waals surface area contributed by atoms with Crippen molar-refractivity contribution < 1.29 is 29.1 Å². The Labute approximate surface area is 264 Å². The second-order valence-electron chi connectivity index (χ2n) is 16.1. The van der Waals surface area contributed by atoms with E-state index in [9.17, 15) is 0 Å². The predicted molar refractivity (Wildman–Crippen MR) is 197 cm³/mol. The third-order valence-corrected chi connectivity index (χ3v) is 35.0. The summed E-state index contributed by atoms with van der Waals surface area (Å²) in [5.41, 5.74) is 0. The molecule has 0 bridgehead atoms. The topological polar surface area (TPSA) is 64.6 Å². The molecular weight excluding hydrogens is 649 g/mol. The first-order valence-electron chi connectivity index (χ1n) is 15.8. The van der Waals surface area contributed by atoms with Crippen LogP contribution in [-0.2, 0) is 29.1 Å². The summed E-state index contributed by atoms with van der Waals surface area (Å²) in [6, 6.07) is 2.38. The summed E-state index contributed by atoms with van der Waals surface area (Å²) in [5.74, 6) is 0. The van der Waals surface area contributed by atoms with E-state index in [1.54, 1.807) is 7.11 Å². The van der Waals surface area contributed by atoms with Crippen molar-refractivity contribution in [1.82, 2.24) is 0 Å². The fourth-order valence-electron chi connectivity index (χ4n) is 5.88. The highest BCUT2D eigenvalue weighted by Gasteiger charge is 2.44. The van der Waals surface area contributed by atoms with Crippen molar-refractivity contribution in [2.24, 2.45) is 0 Å². The van der Waals surface area contributed by atoms with Gasteiger partial charge in [-0.3, -0.25) is 0 Å². The Morgan fingerprint density at radius 2 is 0.585 bits per heavy atom. The van der Waals surface area contributed by atoms with Gasteiger partial charge in [0.15, 0.2) is 25.0 Å². The standard InChI is InChI=1S/C26H70O7Si8/c1-27-37(9,10)31-41(17,18)33-40(15,16)30-36(7,8)26-24-22-20-19-21-23-25-35(5,6)29-39(13,14)32-38(11,12)28-34(2,3)4/h19-26H2,1-18H3. The minimum atomic E-state index is -2.32. The van der Waals surface area contributed by atoms with Gasteiger partial charge in [0.2, 0.25) is 0 Å². The highest BCUT2D eigenvalue weighted by atomic mass is 28.5. The highest BCUT2D eigenvalue weighted by molar-refractivity contribution is 6.90. The van der Waals surface area contributed by atoms with Crippen LogP contribution in [0.5, 0.6) is 0 Å². The van der Waals surface area contributed by atoms with Crippen LogP contribution < -0.4 is 0 Å². The van der Waals surface area contributed by atoms with Crippen LogP contribution in [0.4, 0.5) is 0 Å². The monoisotopic (exact) mass is 718 g/mol. The molecule has 0 spiro atoms. The SMILES string of the molecule is CO[Si](C)(C)O[Si](C)(C)O[Si](C)(C)O[Si](C)(C)CCCCCCCC[Si](C)(C)O[Si](C)(C)O[Si](C)(C)O[Si](C)(C)C. The third kappa shape index (κ3) is 22.6. The summed E-state index contributed by atoms with van der Waals surface area (Å²) >= 11 is 0. The normalized spacial score (nSPS) is 15.1. The average Bonchev–Trinajstić information content (AvgIpc) is 2.63. The predicted octanol–water partition coefficient (Wildman–Crippen LogP) is 9.83. The lowest BCUT2D eigenvalue weighted by atomic mass is 10.1. The average molecular weight is 720 g/mol. The summed E-state index contributed by atoms with van der Waals surface area (Å²) in [5, 5.41) is 0. The van der Waals surface area contributed by atoms with Crippen LogP contribution in [-0.4, -0.2) is 74.9 Å². The van der Waals surface area contributed by atoms with E-state index in [0.717, 1.165) is 0 Å². The third-order valence-electron chi connectivity index (χ3n) is 6.37. The number of unbranched alkanes of at least 4 members (excludes halogenated alkanes) is 5. The maximum atomic E-state index is 6.76. The molecule has 0 aliphatic rings. The Hall–Kier alpha value is 1.46. The van der Waals surface area contributed by atoms with Crippen molar-refractivity contribution in [2.75, 3.05) is 7.11 Å². The first-order valence-corrected chi connectivity index (χ1v) is 39.5. The van der Waals surface area contributed by atoms with E-state index in [1.807, 2.05) is 0 Å². The van der Waals surface area contributed by atoms with Crippen LogP contribution in [0.25, 0.3) is 0 Å². The van der Waals surface area contributed by atoms with E-state index in [0.29, 0.717) is 0 Å². The Kier molecular flexibility index (Phi) is 16.9.